The fraction of sp³-hybridized carbons (Fsp3) is 0.467. The number of nitrogens with zero attached hydrogens (tertiary/aromatic N) is 1. The van der Waals surface area contributed by atoms with Crippen molar-refractivity contribution in [3.63, 3.8) is 0 Å². The zero-order valence-corrected chi connectivity index (χ0v) is 12.8. The van der Waals surface area contributed by atoms with Crippen LogP contribution in [0.1, 0.15) is 42.5 Å². The second-order valence-electron chi connectivity index (χ2n) is 5.07. The summed E-state index contributed by atoms with van der Waals surface area (Å²) in [4.78, 5) is 24.2. The van der Waals surface area contributed by atoms with Gasteiger partial charge in [0, 0.05) is 17.9 Å². The molecule has 0 heterocycles. The summed E-state index contributed by atoms with van der Waals surface area (Å²) in [6, 6.07) is 4.91. The number of amides is 3. The van der Waals surface area contributed by atoms with E-state index in [0.29, 0.717) is 0 Å². The lowest BCUT2D eigenvalue weighted by Crippen LogP contribution is -2.44. The van der Waals surface area contributed by atoms with Crippen LogP contribution in [0.3, 0.4) is 0 Å². The molecule has 1 aromatic rings. The maximum Gasteiger partial charge on any atom is 0.334 e. The van der Waals surface area contributed by atoms with Crippen molar-refractivity contribution in [2.45, 2.75) is 38.1 Å². The SMILES string of the molecule is CSN(C(=O)NC(=O)c1ccc(F)cc1)C1CCCCC1. The van der Waals surface area contributed by atoms with Crippen molar-refractivity contribution < 1.29 is 14.0 Å². The van der Waals surface area contributed by atoms with Gasteiger partial charge in [-0.05, 0) is 49.1 Å². The van der Waals surface area contributed by atoms with Crippen LogP contribution in [-0.4, -0.2) is 28.5 Å². The monoisotopic (exact) mass is 310 g/mol. The van der Waals surface area contributed by atoms with Gasteiger partial charge in [0.1, 0.15) is 5.82 Å². The lowest BCUT2D eigenvalue weighted by Gasteiger charge is -2.31. The molecule has 0 unspecified atom stereocenters. The summed E-state index contributed by atoms with van der Waals surface area (Å²) in [6.07, 6.45) is 7.20. The zero-order valence-electron chi connectivity index (χ0n) is 12.0. The molecular formula is C15H19FN2O2S. The van der Waals surface area contributed by atoms with E-state index in [1.54, 1.807) is 4.31 Å². The molecule has 21 heavy (non-hydrogen) atoms. The maximum absolute atomic E-state index is 12.8. The maximum atomic E-state index is 12.8. The highest BCUT2D eigenvalue weighted by atomic mass is 32.2. The van der Waals surface area contributed by atoms with Gasteiger partial charge >= 0.3 is 6.03 Å². The highest BCUT2D eigenvalue weighted by Gasteiger charge is 2.26. The number of halogens is 1. The molecule has 0 atom stereocenters. The predicted molar refractivity (Wildman–Crippen MR) is 81.5 cm³/mol. The number of imide groups is 1. The summed E-state index contributed by atoms with van der Waals surface area (Å²) in [6.45, 7) is 0. The Balaban J connectivity index is 1.98. The van der Waals surface area contributed by atoms with Crippen LogP contribution in [0, 0.1) is 5.82 Å². The molecule has 1 aliphatic carbocycles. The smallest absolute Gasteiger partial charge is 0.273 e. The Kier molecular flexibility index (Phi) is 5.61. The molecule has 4 nitrogen and oxygen atoms in total. The number of carbonyl (C=O) groups is 2. The molecule has 2 rings (SSSR count). The molecule has 0 spiro atoms. The van der Waals surface area contributed by atoms with E-state index in [4.69, 9.17) is 0 Å². The summed E-state index contributed by atoms with van der Waals surface area (Å²) in [7, 11) is 0. The van der Waals surface area contributed by atoms with E-state index < -0.39 is 17.8 Å². The fourth-order valence-corrected chi connectivity index (χ4v) is 3.26. The van der Waals surface area contributed by atoms with Crippen LogP contribution in [0.25, 0.3) is 0 Å². The van der Waals surface area contributed by atoms with Crippen LogP contribution in [-0.2, 0) is 0 Å². The summed E-state index contributed by atoms with van der Waals surface area (Å²) in [5.74, 6) is -0.916. The number of nitrogens with one attached hydrogen (secondary N) is 1. The van der Waals surface area contributed by atoms with Crippen molar-refractivity contribution in [1.82, 2.24) is 9.62 Å². The van der Waals surface area contributed by atoms with Crippen LogP contribution in [0.2, 0.25) is 0 Å². The Hall–Kier alpha value is -1.56. The Morgan fingerprint density at radius 1 is 1.19 bits per heavy atom. The number of rotatable bonds is 3. The third-order valence-electron chi connectivity index (χ3n) is 3.63. The van der Waals surface area contributed by atoms with Gasteiger partial charge in [-0.2, -0.15) is 0 Å². The first-order valence-electron chi connectivity index (χ1n) is 7.06. The molecule has 3 amide bonds. The first kappa shape index (κ1) is 15.8. The third kappa shape index (κ3) is 4.20. The lowest BCUT2D eigenvalue weighted by molar-refractivity contribution is 0.0956. The van der Waals surface area contributed by atoms with Crippen molar-refractivity contribution in [1.29, 1.82) is 0 Å². The lowest BCUT2D eigenvalue weighted by atomic mass is 9.96. The summed E-state index contributed by atoms with van der Waals surface area (Å²) in [5.41, 5.74) is 0.273. The van der Waals surface area contributed by atoms with E-state index in [0.717, 1.165) is 25.7 Å². The third-order valence-corrected chi connectivity index (χ3v) is 4.49. The Bertz CT molecular complexity index is 501. The molecule has 0 aromatic heterocycles. The topological polar surface area (TPSA) is 49.4 Å². The minimum atomic E-state index is -0.505. The van der Waals surface area contributed by atoms with Gasteiger partial charge in [-0.1, -0.05) is 19.3 Å². The molecule has 6 heteroatoms. The van der Waals surface area contributed by atoms with E-state index in [1.807, 2.05) is 6.26 Å². The van der Waals surface area contributed by atoms with Crippen molar-refractivity contribution >= 4 is 23.9 Å². The van der Waals surface area contributed by atoms with Gasteiger partial charge in [-0.3, -0.25) is 14.4 Å². The van der Waals surface area contributed by atoms with Crippen molar-refractivity contribution in [3.8, 4) is 0 Å². The average molecular weight is 310 g/mol. The van der Waals surface area contributed by atoms with E-state index in [-0.39, 0.29) is 11.6 Å². The largest absolute Gasteiger partial charge is 0.334 e. The number of hydrogen-bond acceptors (Lipinski definition) is 3. The van der Waals surface area contributed by atoms with Gasteiger partial charge < -0.3 is 0 Å². The second-order valence-corrected chi connectivity index (χ2v) is 5.82. The molecule has 0 saturated heterocycles. The Labute approximate surface area is 128 Å². The van der Waals surface area contributed by atoms with Crippen LogP contribution < -0.4 is 5.32 Å². The van der Waals surface area contributed by atoms with Gasteiger partial charge in [0.2, 0.25) is 0 Å². The highest BCUT2D eigenvalue weighted by Crippen LogP contribution is 2.26. The second kappa shape index (κ2) is 7.45. The zero-order chi connectivity index (χ0) is 15.2. The predicted octanol–water partition coefficient (Wildman–Crippen LogP) is 3.59. The molecule has 1 aliphatic rings. The van der Waals surface area contributed by atoms with Gasteiger partial charge in [-0.25, -0.2) is 9.18 Å². The minimum Gasteiger partial charge on any atom is -0.273 e. The van der Waals surface area contributed by atoms with Gasteiger partial charge in [0.05, 0.1) is 0 Å². The summed E-state index contributed by atoms with van der Waals surface area (Å²) < 4.78 is 14.5. The van der Waals surface area contributed by atoms with Crippen molar-refractivity contribution in [2.24, 2.45) is 0 Å². The molecule has 0 aliphatic heterocycles. The first-order chi connectivity index (χ1) is 10.1. The highest BCUT2D eigenvalue weighted by molar-refractivity contribution is 7.96. The number of hydrogen-bond donors (Lipinski definition) is 1. The molecule has 1 fully saturated rings. The van der Waals surface area contributed by atoms with E-state index in [9.17, 15) is 14.0 Å². The van der Waals surface area contributed by atoms with Gasteiger partial charge in [0.15, 0.2) is 0 Å². The van der Waals surface area contributed by atoms with Crippen LogP contribution in [0.15, 0.2) is 24.3 Å². The Morgan fingerprint density at radius 3 is 2.38 bits per heavy atom. The van der Waals surface area contributed by atoms with E-state index >= 15 is 0 Å². The summed E-state index contributed by atoms with van der Waals surface area (Å²) in [5, 5.41) is 2.37. The van der Waals surface area contributed by atoms with E-state index in [2.05, 4.69) is 5.32 Å². The van der Waals surface area contributed by atoms with Gasteiger partial charge in [-0.15, -0.1) is 0 Å². The van der Waals surface area contributed by atoms with Crippen LogP contribution in [0.4, 0.5) is 9.18 Å². The molecule has 1 aromatic carbocycles. The Morgan fingerprint density at radius 2 is 1.81 bits per heavy atom. The van der Waals surface area contributed by atoms with Crippen LogP contribution in [0.5, 0.6) is 0 Å². The van der Waals surface area contributed by atoms with E-state index in [1.165, 1.54) is 42.6 Å². The molecule has 1 saturated carbocycles. The average Bonchev–Trinajstić information content (AvgIpc) is 2.49. The molecule has 1 N–H and O–H groups in total. The molecule has 0 radical (unpaired) electrons. The molecule has 114 valence electrons. The minimum absolute atomic E-state index is 0.176. The van der Waals surface area contributed by atoms with Crippen molar-refractivity contribution in [3.05, 3.63) is 35.6 Å². The van der Waals surface area contributed by atoms with Gasteiger partial charge in [0.25, 0.3) is 5.91 Å². The quantitative estimate of drug-likeness (QED) is 0.868. The van der Waals surface area contributed by atoms with Crippen molar-refractivity contribution in [2.75, 3.05) is 6.26 Å². The molecular weight excluding hydrogens is 291 g/mol. The number of urea groups is 1. The fourth-order valence-electron chi connectivity index (χ4n) is 2.54. The number of carbonyl (C=O) groups excluding carboxylic acids is 2. The first-order valence-corrected chi connectivity index (χ1v) is 8.24. The normalized spacial score (nSPS) is 15.5. The number of benzene rings is 1. The summed E-state index contributed by atoms with van der Waals surface area (Å²) >= 11 is 1.33. The molecule has 0 bridgehead atoms. The standard InChI is InChI=1S/C15H19FN2O2S/c1-21-18(13-5-3-2-4-6-13)15(20)17-14(19)11-7-9-12(16)10-8-11/h7-10,13H,2-6H2,1H3,(H,17,19,20). The van der Waals surface area contributed by atoms with Crippen LogP contribution >= 0.6 is 11.9 Å².